The molecular weight excluding hydrogens is 454 g/mol. The minimum atomic E-state index is -0.0804. The van der Waals surface area contributed by atoms with Crippen LogP contribution in [-0.2, 0) is 6.54 Å². The third-order valence-electron chi connectivity index (χ3n) is 7.11. The molecule has 0 amide bonds. The molecule has 7 rings (SSSR count). The smallest absolute Gasteiger partial charge is 0.138 e. The average molecular weight is 482 g/mol. The van der Waals surface area contributed by atoms with Gasteiger partial charge in [0, 0.05) is 55.2 Å². The predicted molar refractivity (Wildman–Crippen MR) is 135 cm³/mol. The monoisotopic (exact) mass is 481 g/mol. The molecular formula is C27H27N7O2. The van der Waals surface area contributed by atoms with Crippen LogP contribution in [0.5, 0.6) is 5.75 Å². The van der Waals surface area contributed by atoms with Crippen molar-refractivity contribution in [3.8, 4) is 22.9 Å². The minimum absolute atomic E-state index is 0.0804. The second kappa shape index (κ2) is 9.22. The van der Waals surface area contributed by atoms with Crippen molar-refractivity contribution in [2.24, 2.45) is 0 Å². The predicted octanol–water partition coefficient (Wildman–Crippen LogP) is 2.81. The Balaban J connectivity index is 1.21. The highest BCUT2D eigenvalue weighted by molar-refractivity contribution is 5.85. The second-order valence-corrected chi connectivity index (χ2v) is 9.48. The molecule has 0 spiro atoms. The third kappa shape index (κ3) is 4.04. The maximum Gasteiger partial charge on any atom is 0.138 e. The molecule has 7 heterocycles. The highest BCUT2D eigenvalue weighted by Crippen LogP contribution is 2.36. The Morgan fingerprint density at radius 2 is 1.97 bits per heavy atom. The zero-order valence-electron chi connectivity index (χ0n) is 20.1. The van der Waals surface area contributed by atoms with E-state index in [9.17, 15) is 5.26 Å². The summed E-state index contributed by atoms with van der Waals surface area (Å²) in [6, 6.07) is 13.5. The van der Waals surface area contributed by atoms with Crippen molar-refractivity contribution in [2.75, 3.05) is 31.2 Å². The van der Waals surface area contributed by atoms with Crippen molar-refractivity contribution in [3.63, 3.8) is 0 Å². The maximum atomic E-state index is 9.58. The standard InChI is InChI=1S/C27H27N7O2/c1-18-2-4-21(29-11-18)14-33-22-8-23(33)16-32(15-22)26-5-3-19(12-30-26)25-9-24(36-7-6-35)17-34-27(25)20(10-28)13-31-34/h2-5,9,11-13,17,22-23,35H,6-8,14-16H2,1H3. The van der Waals surface area contributed by atoms with Gasteiger partial charge in [0.15, 0.2) is 0 Å². The summed E-state index contributed by atoms with van der Waals surface area (Å²) in [6.45, 7) is 4.96. The fourth-order valence-electron chi connectivity index (χ4n) is 5.29. The lowest BCUT2D eigenvalue weighted by Crippen LogP contribution is -2.68. The number of fused-ring (bicyclic) bond motifs is 3. The summed E-state index contributed by atoms with van der Waals surface area (Å²) in [6.07, 6.45) is 8.28. The quantitative estimate of drug-likeness (QED) is 0.430. The zero-order valence-corrected chi connectivity index (χ0v) is 20.1. The lowest BCUT2D eigenvalue weighted by Gasteiger charge is -2.56. The van der Waals surface area contributed by atoms with Crippen molar-refractivity contribution in [1.29, 1.82) is 5.26 Å². The molecule has 3 aliphatic rings. The Labute approximate surface area is 209 Å². The molecule has 0 saturated carbocycles. The summed E-state index contributed by atoms with van der Waals surface area (Å²) in [5.41, 5.74) is 5.20. The largest absolute Gasteiger partial charge is 0.490 e. The van der Waals surface area contributed by atoms with Gasteiger partial charge >= 0.3 is 0 Å². The Hall–Kier alpha value is -4.00. The van der Waals surface area contributed by atoms with Gasteiger partial charge in [-0.2, -0.15) is 10.4 Å². The number of rotatable bonds is 7. The number of anilines is 1. The number of piperazine rings is 1. The lowest BCUT2D eigenvalue weighted by atomic mass is 9.87. The van der Waals surface area contributed by atoms with E-state index in [2.05, 4.69) is 45.0 Å². The molecule has 0 radical (unpaired) electrons. The number of piperidine rings is 1. The van der Waals surface area contributed by atoms with Crippen LogP contribution in [0.2, 0.25) is 0 Å². The van der Waals surface area contributed by atoms with Gasteiger partial charge in [-0.15, -0.1) is 0 Å². The molecule has 4 aromatic heterocycles. The van der Waals surface area contributed by atoms with E-state index in [-0.39, 0.29) is 13.2 Å². The molecule has 2 unspecified atom stereocenters. The fraction of sp³-hybridized carbons (Fsp3) is 0.333. The summed E-state index contributed by atoms with van der Waals surface area (Å²) < 4.78 is 7.27. The van der Waals surface area contributed by atoms with Crippen molar-refractivity contribution >= 4 is 11.3 Å². The van der Waals surface area contributed by atoms with Crippen LogP contribution in [-0.4, -0.2) is 68.0 Å². The molecule has 182 valence electrons. The van der Waals surface area contributed by atoms with Crippen molar-refractivity contribution in [2.45, 2.75) is 32.0 Å². The van der Waals surface area contributed by atoms with E-state index in [1.165, 1.54) is 12.0 Å². The first-order valence-electron chi connectivity index (χ1n) is 12.2. The molecule has 0 aliphatic carbocycles. The van der Waals surface area contributed by atoms with Gasteiger partial charge in [0.2, 0.25) is 0 Å². The number of pyridine rings is 3. The van der Waals surface area contributed by atoms with Crippen molar-refractivity contribution in [1.82, 2.24) is 24.5 Å². The van der Waals surface area contributed by atoms with Gasteiger partial charge in [0.05, 0.1) is 35.8 Å². The number of ether oxygens (including phenoxy) is 1. The highest BCUT2D eigenvalue weighted by Gasteiger charge is 2.44. The molecule has 1 N–H and O–H groups in total. The van der Waals surface area contributed by atoms with Crippen molar-refractivity contribution < 1.29 is 9.84 Å². The van der Waals surface area contributed by atoms with Crippen molar-refractivity contribution in [3.05, 3.63) is 71.9 Å². The lowest BCUT2D eigenvalue weighted by molar-refractivity contribution is -0.00968. The first-order chi connectivity index (χ1) is 17.6. The van der Waals surface area contributed by atoms with E-state index in [0.29, 0.717) is 28.9 Å². The molecule has 4 aromatic rings. The average Bonchev–Trinajstić information content (AvgIpc) is 3.34. The first-order valence-corrected chi connectivity index (χ1v) is 12.2. The van der Waals surface area contributed by atoms with Crippen LogP contribution in [0, 0.1) is 18.3 Å². The topological polar surface area (TPSA) is 103 Å². The zero-order chi connectivity index (χ0) is 24.6. The van der Waals surface area contributed by atoms with E-state index in [1.807, 2.05) is 30.6 Å². The number of nitriles is 1. The summed E-state index contributed by atoms with van der Waals surface area (Å²) >= 11 is 0. The van der Waals surface area contributed by atoms with Gasteiger partial charge in [-0.25, -0.2) is 9.50 Å². The Morgan fingerprint density at radius 1 is 1.11 bits per heavy atom. The number of aromatic nitrogens is 4. The van der Waals surface area contributed by atoms with Gasteiger partial charge in [-0.1, -0.05) is 6.07 Å². The Bertz CT molecular complexity index is 1410. The van der Waals surface area contributed by atoms with Crippen LogP contribution < -0.4 is 9.64 Å². The van der Waals surface area contributed by atoms with Gasteiger partial charge in [0.25, 0.3) is 0 Å². The molecule has 0 aromatic carbocycles. The van der Waals surface area contributed by atoms with E-state index in [1.54, 1.807) is 16.9 Å². The van der Waals surface area contributed by atoms with Crippen LogP contribution in [0.3, 0.4) is 0 Å². The molecule has 2 atom stereocenters. The van der Waals surface area contributed by atoms with Gasteiger partial charge in [-0.05, 0) is 43.2 Å². The molecule has 3 aliphatic heterocycles. The number of aliphatic hydroxyl groups excluding tert-OH is 1. The summed E-state index contributed by atoms with van der Waals surface area (Å²) in [4.78, 5) is 14.3. The third-order valence-corrected chi connectivity index (χ3v) is 7.11. The highest BCUT2D eigenvalue weighted by atomic mass is 16.5. The van der Waals surface area contributed by atoms with E-state index in [4.69, 9.17) is 14.8 Å². The summed E-state index contributed by atoms with van der Waals surface area (Å²) in [7, 11) is 0. The minimum Gasteiger partial charge on any atom is -0.490 e. The number of aryl methyl sites for hydroxylation is 1. The number of hydrogen-bond acceptors (Lipinski definition) is 8. The fourth-order valence-corrected chi connectivity index (χ4v) is 5.29. The van der Waals surface area contributed by atoms with Gasteiger partial charge in [0.1, 0.15) is 24.2 Å². The van der Waals surface area contributed by atoms with Crippen LogP contribution in [0.15, 0.2) is 55.1 Å². The number of hydrogen-bond donors (Lipinski definition) is 1. The first kappa shape index (κ1) is 22.5. The van der Waals surface area contributed by atoms with Crippen LogP contribution in [0.1, 0.15) is 23.2 Å². The molecule has 3 fully saturated rings. The second-order valence-electron chi connectivity index (χ2n) is 9.48. The molecule has 9 heteroatoms. The SMILES string of the molecule is Cc1ccc(CN2C3CC2CN(c2ccc(-c4cc(OCCO)cn5ncc(C#N)c45)cn2)C3)nc1. The van der Waals surface area contributed by atoms with E-state index in [0.717, 1.165) is 42.3 Å². The maximum absolute atomic E-state index is 9.58. The normalized spacial score (nSPS) is 19.2. The summed E-state index contributed by atoms with van der Waals surface area (Å²) in [5.74, 6) is 1.53. The van der Waals surface area contributed by atoms with Gasteiger partial charge < -0.3 is 14.7 Å². The Morgan fingerprint density at radius 3 is 2.67 bits per heavy atom. The van der Waals surface area contributed by atoms with Gasteiger partial charge in [-0.3, -0.25) is 9.88 Å². The van der Waals surface area contributed by atoms with Crippen LogP contribution in [0.25, 0.3) is 16.6 Å². The molecule has 36 heavy (non-hydrogen) atoms. The van der Waals surface area contributed by atoms with E-state index >= 15 is 0 Å². The summed E-state index contributed by atoms with van der Waals surface area (Å²) in [5, 5.41) is 23.0. The number of nitrogens with zero attached hydrogens (tertiary/aromatic N) is 7. The molecule has 9 nitrogen and oxygen atoms in total. The van der Waals surface area contributed by atoms with Crippen LogP contribution >= 0.6 is 0 Å². The molecule has 3 saturated heterocycles. The number of aliphatic hydroxyl groups is 1. The van der Waals surface area contributed by atoms with E-state index < -0.39 is 0 Å². The molecule has 2 bridgehead atoms. The van der Waals surface area contributed by atoms with Crippen LogP contribution in [0.4, 0.5) is 5.82 Å². The Kier molecular flexibility index (Phi) is 5.76.